The largest absolute Gasteiger partial charge is 0.456 e. The zero-order valence-corrected chi connectivity index (χ0v) is 15.8. The van der Waals surface area contributed by atoms with E-state index in [1.807, 2.05) is 0 Å². The van der Waals surface area contributed by atoms with Gasteiger partial charge in [0.15, 0.2) is 0 Å². The summed E-state index contributed by atoms with van der Waals surface area (Å²) in [6.45, 7) is 4.14. The third-order valence-corrected chi connectivity index (χ3v) is 3.92. The van der Waals surface area contributed by atoms with Crippen molar-refractivity contribution in [3.05, 3.63) is 11.3 Å². The maximum atomic E-state index is 12.1. The van der Waals surface area contributed by atoms with E-state index in [0.29, 0.717) is 5.57 Å². The standard InChI is InChI=1S/C12H14BrCl3N2O4/c1-5(2)8(11(21)22-4-12(14,15)16)18-9(13)7(10(18)20)17-6(3)19/h7,9H,4H2,1-3H3,(H,17,19). The molecule has 0 spiro atoms. The third kappa shape index (κ3) is 4.75. The molecular weight excluding hydrogens is 422 g/mol. The monoisotopic (exact) mass is 434 g/mol. The highest BCUT2D eigenvalue weighted by molar-refractivity contribution is 9.09. The molecule has 6 nitrogen and oxygen atoms in total. The fourth-order valence-corrected chi connectivity index (χ4v) is 2.73. The number of amides is 2. The number of carbonyl (C=O) groups excluding carboxylic acids is 3. The summed E-state index contributed by atoms with van der Waals surface area (Å²) in [4.78, 5) is 35.9. The van der Waals surface area contributed by atoms with Gasteiger partial charge in [0, 0.05) is 6.92 Å². The van der Waals surface area contributed by atoms with Crippen LogP contribution >= 0.6 is 50.7 Å². The molecule has 1 N–H and O–H groups in total. The van der Waals surface area contributed by atoms with Crippen molar-refractivity contribution in [1.82, 2.24) is 10.2 Å². The summed E-state index contributed by atoms with van der Waals surface area (Å²) < 4.78 is 3.16. The molecule has 2 atom stereocenters. The van der Waals surface area contributed by atoms with E-state index in [9.17, 15) is 14.4 Å². The Morgan fingerprint density at radius 3 is 2.23 bits per heavy atom. The van der Waals surface area contributed by atoms with Gasteiger partial charge >= 0.3 is 5.97 Å². The second-order valence-corrected chi connectivity index (χ2v) is 8.25. The molecular formula is C12H14BrCl3N2O4. The average Bonchev–Trinajstić information content (AvgIpc) is 2.37. The number of alkyl halides is 4. The molecule has 2 amide bonds. The van der Waals surface area contributed by atoms with Crippen LogP contribution in [0.15, 0.2) is 11.3 Å². The van der Waals surface area contributed by atoms with Crippen LogP contribution in [0.25, 0.3) is 0 Å². The molecule has 1 heterocycles. The van der Waals surface area contributed by atoms with E-state index in [4.69, 9.17) is 39.5 Å². The van der Waals surface area contributed by atoms with Crippen LogP contribution in [0.3, 0.4) is 0 Å². The molecule has 1 aliphatic rings. The maximum Gasteiger partial charge on any atom is 0.355 e. The number of nitrogens with zero attached hydrogens (tertiary/aromatic N) is 1. The number of carbonyl (C=O) groups is 3. The minimum Gasteiger partial charge on any atom is -0.456 e. The molecule has 2 unspecified atom stereocenters. The summed E-state index contributed by atoms with van der Waals surface area (Å²) in [5, 5.41) is 2.48. The Kier molecular flexibility index (Phi) is 6.56. The number of hydrogen-bond acceptors (Lipinski definition) is 4. The molecule has 1 aliphatic heterocycles. The van der Waals surface area contributed by atoms with Gasteiger partial charge in [0.25, 0.3) is 5.91 Å². The van der Waals surface area contributed by atoms with Crippen molar-refractivity contribution in [2.75, 3.05) is 6.61 Å². The predicted octanol–water partition coefficient (Wildman–Crippen LogP) is 2.26. The fourth-order valence-electron chi connectivity index (χ4n) is 1.80. The molecule has 0 aromatic carbocycles. The van der Waals surface area contributed by atoms with Crippen LogP contribution in [-0.2, 0) is 19.1 Å². The minimum absolute atomic E-state index is 0.0442. The van der Waals surface area contributed by atoms with E-state index in [0.717, 1.165) is 0 Å². The van der Waals surface area contributed by atoms with Crippen LogP contribution in [0.1, 0.15) is 20.8 Å². The lowest BCUT2D eigenvalue weighted by Gasteiger charge is -2.44. The Balaban J connectivity index is 2.87. The number of allylic oxidation sites excluding steroid dienone is 1. The first-order chi connectivity index (χ1) is 9.95. The number of β-lactam (4-membered cyclic amide) rings is 1. The van der Waals surface area contributed by atoms with Gasteiger partial charge in [-0.25, -0.2) is 4.79 Å². The molecule has 1 fully saturated rings. The van der Waals surface area contributed by atoms with Gasteiger partial charge in [0.1, 0.15) is 23.3 Å². The normalized spacial score (nSPS) is 21.0. The Morgan fingerprint density at radius 2 is 1.86 bits per heavy atom. The summed E-state index contributed by atoms with van der Waals surface area (Å²) in [6, 6.07) is -0.743. The number of ether oxygens (including phenoxy) is 1. The molecule has 0 saturated carbocycles. The van der Waals surface area contributed by atoms with Gasteiger partial charge in [-0.05, 0) is 19.4 Å². The van der Waals surface area contributed by atoms with Gasteiger partial charge < -0.3 is 10.1 Å². The van der Waals surface area contributed by atoms with Gasteiger partial charge in [-0.3, -0.25) is 14.5 Å². The van der Waals surface area contributed by atoms with Gasteiger partial charge in [-0.15, -0.1) is 0 Å². The van der Waals surface area contributed by atoms with Crippen molar-refractivity contribution in [3.8, 4) is 0 Å². The quantitative estimate of drug-likeness (QED) is 0.241. The fraction of sp³-hybridized carbons (Fsp3) is 0.583. The zero-order chi connectivity index (χ0) is 17.2. The predicted molar refractivity (Wildman–Crippen MR) is 86.8 cm³/mol. The molecule has 124 valence electrons. The van der Waals surface area contributed by atoms with Gasteiger partial charge in [-0.1, -0.05) is 50.7 Å². The van der Waals surface area contributed by atoms with Crippen LogP contribution in [0.5, 0.6) is 0 Å². The number of likely N-dealkylation sites (tertiary alicyclic amines) is 1. The summed E-state index contributed by atoms with van der Waals surface area (Å²) in [6.07, 6.45) is 0. The Hall–Kier alpha value is -0.500. The number of nitrogens with one attached hydrogen (secondary N) is 1. The third-order valence-electron chi connectivity index (χ3n) is 2.66. The van der Waals surface area contributed by atoms with Crippen molar-refractivity contribution in [1.29, 1.82) is 0 Å². The minimum atomic E-state index is -1.74. The van der Waals surface area contributed by atoms with Crippen molar-refractivity contribution in [2.45, 2.75) is 35.6 Å². The average molecular weight is 437 g/mol. The lowest BCUT2D eigenvalue weighted by atomic mass is 10.0. The van der Waals surface area contributed by atoms with Crippen molar-refractivity contribution >= 4 is 68.5 Å². The second kappa shape index (κ2) is 7.38. The van der Waals surface area contributed by atoms with E-state index < -0.39 is 33.3 Å². The molecule has 22 heavy (non-hydrogen) atoms. The summed E-state index contributed by atoms with van der Waals surface area (Å²) in [5.41, 5.74) is 0.594. The molecule has 0 aliphatic carbocycles. The Bertz CT molecular complexity index is 529. The van der Waals surface area contributed by atoms with Crippen molar-refractivity contribution in [2.24, 2.45) is 0 Å². The highest BCUT2D eigenvalue weighted by Gasteiger charge is 2.50. The highest BCUT2D eigenvalue weighted by atomic mass is 79.9. The summed E-state index contributed by atoms with van der Waals surface area (Å²) in [5.74, 6) is -1.57. The number of rotatable bonds is 4. The van der Waals surface area contributed by atoms with Gasteiger partial charge in [-0.2, -0.15) is 0 Å². The number of halogens is 4. The highest BCUT2D eigenvalue weighted by Crippen LogP contribution is 2.33. The summed E-state index contributed by atoms with van der Waals surface area (Å²) >= 11 is 19.8. The van der Waals surface area contributed by atoms with Crippen LogP contribution in [0.2, 0.25) is 0 Å². The van der Waals surface area contributed by atoms with E-state index >= 15 is 0 Å². The molecule has 1 rings (SSSR count). The Morgan fingerprint density at radius 1 is 1.32 bits per heavy atom. The number of esters is 1. The second-order valence-electron chi connectivity index (χ2n) is 4.80. The zero-order valence-electron chi connectivity index (χ0n) is 12.0. The topological polar surface area (TPSA) is 75.7 Å². The van der Waals surface area contributed by atoms with Gasteiger partial charge in [0.05, 0.1) is 0 Å². The van der Waals surface area contributed by atoms with E-state index in [1.165, 1.54) is 11.8 Å². The summed E-state index contributed by atoms with van der Waals surface area (Å²) in [7, 11) is 0. The Labute approximate surface area is 151 Å². The molecule has 0 radical (unpaired) electrons. The maximum absolute atomic E-state index is 12.1. The van der Waals surface area contributed by atoms with Crippen molar-refractivity contribution in [3.63, 3.8) is 0 Å². The van der Waals surface area contributed by atoms with E-state index in [-0.39, 0.29) is 11.6 Å². The van der Waals surface area contributed by atoms with Gasteiger partial charge in [0.2, 0.25) is 9.70 Å². The molecule has 1 saturated heterocycles. The van der Waals surface area contributed by atoms with Crippen LogP contribution < -0.4 is 5.32 Å². The first-order valence-electron chi connectivity index (χ1n) is 6.11. The molecule has 10 heteroatoms. The lowest BCUT2D eigenvalue weighted by Crippen LogP contribution is -2.68. The number of hydrogen-bond donors (Lipinski definition) is 1. The van der Waals surface area contributed by atoms with E-state index in [1.54, 1.807) is 13.8 Å². The first kappa shape index (κ1) is 19.5. The van der Waals surface area contributed by atoms with Crippen LogP contribution in [-0.4, -0.2) is 44.1 Å². The molecule has 0 aromatic heterocycles. The van der Waals surface area contributed by atoms with E-state index in [2.05, 4.69) is 21.2 Å². The van der Waals surface area contributed by atoms with Crippen LogP contribution in [0, 0.1) is 0 Å². The van der Waals surface area contributed by atoms with Crippen molar-refractivity contribution < 1.29 is 19.1 Å². The smallest absolute Gasteiger partial charge is 0.355 e. The molecule has 0 bridgehead atoms. The lowest BCUT2D eigenvalue weighted by molar-refractivity contribution is -0.152. The SMILES string of the molecule is CC(=O)NC1C(=O)N(C(C(=O)OCC(Cl)(Cl)Cl)=C(C)C)C1Br. The van der Waals surface area contributed by atoms with Crippen LogP contribution in [0.4, 0.5) is 0 Å². The molecule has 0 aromatic rings. The first-order valence-corrected chi connectivity index (χ1v) is 8.16.